The Morgan fingerprint density at radius 1 is 1.08 bits per heavy atom. The number of anilines is 1. The van der Waals surface area contributed by atoms with Crippen molar-refractivity contribution >= 4 is 42.3 Å². The molecule has 13 nitrogen and oxygen atoms in total. The lowest BCUT2D eigenvalue weighted by molar-refractivity contribution is -0.0355. The van der Waals surface area contributed by atoms with Crippen LogP contribution < -0.4 is 5.32 Å². The summed E-state index contributed by atoms with van der Waals surface area (Å²) in [4.78, 5) is 42.9. The molecule has 0 aliphatic carbocycles. The van der Waals surface area contributed by atoms with Gasteiger partial charge in [0.2, 0.25) is 5.28 Å². The van der Waals surface area contributed by atoms with Crippen molar-refractivity contribution in [3.63, 3.8) is 0 Å². The Bertz CT molecular complexity index is 1120. The molecule has 0 bridgehead atoms. The topological polar surface area (TPSA) is 189 Å². The predicted molar refractivity (Wildman–Crippen MR) is 145 cm³/mol. The molecule has 39 heavy (non-hydrogen) atoms. The molecule has 1 amide bonds. The average molecular weight is 592 g/mol. The van der Waals surface area contributed by atoms with E-state index < -0.39 is 44.4 Å². The van der Waals surface area contributed by atoms with Crippen LogP contribution in [0.15, 0.2) is 6.33 Å². The van der Waals surface area contributed by atoms with Crippen LogP contribution in [-0.4, -0.2) is 76.7 Å². The molecule has 0 spiro atoms. The summed E-state index contributed by atoms with van der Waals surface area (Å²) >= 11 is 6.06. The average Bonchev–Trinajstić information content (AvgIpc) is 3.41. The number of hydrogen-bond acceptors (Lipinski definition) is 9. The maximum atomic E-state index is 12.3. The first kappa shape index (κ1) is 31.7. The van der Waals surface area contributed by atoms with Crippen LogP contribution in [0.1, 0.15) is 83.8 Å². The number of aromatic nitrogens is 4. The highest BCUT2D eigenvalue weighted by Crippen LogP contribution is 2.39. The zero-order valence-electron chi connectivity index (χ0n) is 22.1. The lowest BCUT2D eigenvalue weighted by atomic mass is 10.1. The summed E-state index contributed by atoms with van der Waals surface area (Å²) in [5, 5.41) is 23.2. The van der Waals surface area contributed by atoms with Gasteiger partial charge in [-0.1, -0.05) is 64.7 Å². The van der Waals surface area contributed by atoms with E-state index in [1.165, 1.54) is 55.8 Å². The molecule has 15 heteroatoms. The first-order chi connectivity index (χ1) is 18.6. The molecular weight excluding hydrogens is 553 g/mol. The van der Waals surface area contributed by atoms with Crippen LogP contribution in [0.4, 0.5) is 10.6 Å². The van der Waals surface area contributed by atoms with Gasteiger partial charge in [0.1, 0.15) is 12.2 Å². The Morgan fingerprint density at radius 3 is 2.36 bits per heavy atom. The van der Waals surface area contributed by atoms with Gasteiger partial charge in [-0.3, -0.25) is 14.4 Å². The molecule has 1 fully saturated rings. The van der Waals surface area contributed by atoms with Crippen molar-refractivity contribution in [2.75, 3.05) is 18.1 Å². The van der Waals surface area contributed by atoms with E-state index in [1.54, 1.807) is 0 Å². The molecule has 5 N–H and O–H groups in total. The van der Waals surface area contributed by atoms with Crippen LogP contribution in [-0.2, 0) is 14.0 Å². The third kappa shape index (κ3) is 9.63. The summed E-state index contributed by atoms with van der Waals surface area (Å²) < 4.78 is 23.5. The monoisotopic (exact) mass is 591 g/mol. The van der Waals surface area contributed by atoms with E-state index in [0.29, 0.717) is 0 Å². The van der Waals surface area contributed by atoms with E-state index in [4.69, 9.17) is 30.9 Å². The van der Waals surface area contributed by atoms with Crippen LogP contribution in [0.5, 0.6) is 0 Å². The highest BCUT2D eigenvalue weighted by Gasteiger charge is 2.44. The number of rotatable bonds is 16. The van der Waals surface area contributed by atoms with Crippen molar-refractivity contribution in [3.05, 3.63) is 11.6 Å². The van der Waals surface area contributed by atoms with Crippen LogP contribution in [0.25, 0.3) is 11.2 Å². The molecule has 4 atom stereocenters. The third-order valence-corrected chi connectivity index (χ3v) is 7.67. The molecule has 3 heterocycles. The Morgan fingerprint density at radius 2 is 1.72 bits per heavy atom. The number of nitrogens with zero attached hydrogens (tertiary/aromatic N) is 4. The maximum Gasteiger partial charge on any atom is 0.412 e. The first-order valence-electron chi connectivity index (χ1n) is 13.5. The van der Waals surface area contributed by atoms with Crippen LogP contribution in [0, 0.1) is 0 Å². The van der Waals surface area contributed by atoms with E-state index in [0.717, 1.165) is 19.3 Å². The summed E-state index contributed by atoms with van der Waals surface area (Å²) in [5.74, 6) is 0.00269. The highest BCUT2D eigenvalue weighted by molar-refractivity contribution is 7.51. The van der Waals surface area contributed by atoms with Crippen molar-refractivity contribution in [1.29, 1.82) is 0 Å². The molecule has 1 aliphatic rings. The number of halogens is 1. The number of unbranched alkanes of at least 4 members (excludes halogenated alkanes) is 9. The molecular formula is C24H39ClN5O8P. The number of hydrogen-bond donors (Lipinski definition) is 5. The SMILES string of the molecule is CCCCCCCCCCCCOC(=O)Nc1nc(Cl)nc2c1ncn2[C@@H]1O[C@H](CCP(=O)(O)O)C(O)[C@@H]1O. The minimum Gasteiger partial charge on any atom is -0.449 e. The molecule has 0 saturated carbocycles. The number of carbonyl (C=O) groups excluding carboxylic acids is 1. The molecule has 220 valence electrons. The first-order valence-corrected chi connectivity index (χ1v) is 15.7. The zero-order valence-corrected chi connectivity index (χ0v) is 23.8. The van der Waals surface area contributed by atoms with E-state index in [-0.39, 0.29) is 35.3 Å². The minimum absolute atomic E-state index is 0.00269. The molecule has 0 radical (unpaired) electrons. The lowest BCUT2D eigenvalue weighted by Crippen LogP contribution is -2.31. The minimum atomic E-state index is -4.31. The number of imidazole rings is 1. The Hall–Kier alpha value is -1.86. The standard InChI is InChI=1S/C24H39ClN5O8P/c1-2-3-4-5-6-7-8-9-10-11-13-37-24(33)28-20-17-21(29-23(25)27-20)30(15-26-17)22-19(32)18(31)16(38-22)12-14-39(34,35)36/h15-16,18-19,22,31-32H,2-14H2,1H3,(H2,34,35,36)(H,27,28,29,33)/t16-,18?,19+,22-/m1/s1. The van der Waals surface area contributed by atoms with E-state index >= 15 is 0 Å². The molecule has 0 aromatic carbocycles. The molecule has 1 saturated heterocycles. The van der Waals surface area contributed by atoms with Gasteiger partial charge in [-0.15, -0.1) is 0 Å². The third-order valence-electron chi connectivity index (χ3n) is 6.66. The summed E-state index contributed by atoms with van der Waals surface area (Å²) in [6.45, 7) is 2.47. The zero-order chi connectivity index (χ0) is 28.4. The summed E-state index contributed by atoms with van der Waals surface area (Å²) in [5.41, 5.74) is 0.270. The molecule has 2 aromatic rings. The van der Waals surface area contributed by atoms with Crippen LogP contribution in [0.3, 0.4) is 0 Å². The predicted octanol–water partition coefficient (Wildman–Crippen LogP) is 4.14. The van der Waals surface area contributed by atoms with Crippen molar-refractivity contribution in [3.8, 4) is 0 Å². The Kier molecular flexibility index (Phi) is 12.4. The maximum absolute atomic E-state index is 12.3. The molecule has 3 rings (SSSR count). The highest BCUT2D eigenvalue weighted by atomic mass is 35.5. The fraction of sp³-hybridized carbons (Fsp3) is 0.750. The fourth-order valence-electron chi connectivity index (χ4n) is 4.54. The van der Waals surface area contributed by atoms with Gasteiger partial charge in [0.15, 0.2) is 23.2 Å². The van der Waals surface area contributed by atoms with Crippen LogP contribution in [0.2, 0.25) is 5.28 Å². The quantitative estimate of drug-likeness (QED) is 0.107. The second kappa shape index (κ2) is 15.2. The second-order valence-electron chi connectivity index (χ2n) is 9.83. The van der Waals surface area contributed by atoms with Gasteiger partial charge in [0.05, 0.1) is 25.2 Å². The summed E-state index contributed by atoms with van der Waals surface area (Å²) in [6, 6.07) is 0. The Balaban J connectivity index is 1.51. The largest absolute Gasteiger partial charge is 0.449 e. The van der Waals surface area contributed by atoms with E-state index in [9.17, 15) is 19.6 Å². The van der Waals surface area contributed by atoms with Gasteiger partial charge in [-0.2, -0.15) is 9.97 Å². The van der Waals surface area contributed by atoms with Crippen molar-refractivity contribution in [2.24, 2.45) is 0 Å². The lowest BCUT2D eigenvalue weighted by Gasteiger charge is -2.16. The number of nitrogens with one attached hydrogen (secondary N) is 1. The van der Waals surface area contributed by atoms with Crippen LogP contribution >= 0.6 is 19.2 Å². The number of aliphatic hydroxyl groups is 2. The smallest absolute Gasteiger partial charge is 0.412 e. The van der Waals surface area contributed by atoms with Crippen molar-refractivity contribution in [1.82, 2.24) is 19.5 Å². The number of fused-ring (bicyclic) bond motifs is 1. The number of ether oxygens (including phenoxy) is 2. The van der Waals surface area contributed by atoms with Crippen molar-refractivity contribution in [2.45, 2.75) is 102 Å². The van der Waals surface area contributed by atoms with Gasteiger partial charge in [-0.05, 0) is 24.4 Å². The van der Waals surface area contributed by atoms with Gasteiger partial charge in [-0.25, -0.2) is 9.78 Å². The van der Waals surface area contributed by atoms with Gasteiger partial charge >= 0.3 is 13.7 Å². The van der Waals surface area contributed by atoms with Gasteiger partial charge < -0.3 is 29.5 Å². The molecule has 2 aromatic heterocycles. The second-order valence-corrected chi connectivity index (χ2v) is 11.9. The fourth-order valence-corrected chi connectivity index (χ4v) is 5.30. The number of amides is 1. The molecule has 1 unspecified atom stereocenters. The van der Waals surface area contributed by atoms with Crippen molar-refractivity contribution < 1.29 is 38.8 Å². The van der Waals surface area contributed by atoms with E-state index in [2.05, 4.69) is 27.2 Å². The molecule has 1 aliphatic heterocycles. The number of carbonyl (C=O) groups is 1. The Labute approximate surface area is 232 Å². The normalized spacial score (nSPS) is 21.5. The summed E-state index contributed by atoms with van der Waals surface area (Å²) in [7, 11) is -4.31. The number of aliphatic hydroxyl groups excluding tert-OH is 2. The van der Waals surface area contributed by atoms with Gasteiger partial charge in [0, 0.05) is 0 Å². The van der Waals surface area contributed by atoms with Gasteiger partial charge in [0.25, 0.3) is 0 Å². The summed E-state index contributed by atoms with van der Waals surface area (Å²) in [6.07, 6.45) is 6.55. The van der Waals surface area contributed by atoms with E-state index in [1.807, 2.05) is 0 Å².